The van der Waals surface area contributed by atoms with E-state index in [1.54, 1.807) is 13.0 Å². The minimum atomic E-state index is -1.09. The first-order valence-electron chi connectivity index (χ1n) is 4.60. The highest BCUT2D eigenvalue weighted by Gasteiger charge is 2.16. The van der Waals surface area contributed by atoms with Gasteiger partial charge in [0.15, 0.2) is 5.78 Å². The second-order valence-corrected chi connectivity index (χ2v) is 3.33. The monoisotopic (exact) mass is 219 g/mol. The molecule has 0 saturated heterocycles. The summed E-state index contributed by atoms with van der Waals surface area (Å²) in [5, 5.41) is 8.70. The number of carboxylic acid groups (broad SMARTS) is 1. The first-order valence-corrected chi connectivity index (χ1v) is 4.60. The van der Waals surface area contributed by atoms with E-state index in [0.29, 0.717) is 16.9 Å². The van der Waals surface area contributed by atoms with Crippen LogP contribution in [0.5, 0.6) is 0 Å². The zero-order chi connectivity index (χ0) is 11.7. The minimum absolute atomic E-state index is 0.00972. The van der Waals surface area contributed by atoms with Crippen molar-refractivity contribution >= 4 is 11.8 Å². The van der Waals surface area contributed by atoms with Crippen LogP contribution in [0.1, 0.15) is 32.2 Å². The van der Waals surface area contributed by atoms with Gasteiger partial charge < -0.3 is 14.5 Å². The summed E-state index contributed by atoms with van der Waals surface area (Å²) in [7, 11) is 0. The molecule has 0 radical (unpaired) electrons. The van der Waals surface area contributed by atoms with Crippen molar-refractivity contribution in [2.75, 3.05) is 0 Å². The van der Waals surface area contributed by atoms with Gasteiger partial charge in [0.05, 0.1) is 11.8 Å². The molecule has 2 heterocycles. The van der Waals surface area contributed by atoms with Crippen molar-refractivity contribution in [1.29, 1.82) is 0 Å². The first kappa shape index (κ1) is 10.2. The summed E-state index contributed by atoms with van der Waals surface area (Å²) >= 11 is 0. The normalized spacial score (nSPS) is 10.3. The number of aryl methyl sites for hydroxylation is 1. The van der Waals surface area contributed by atoms with E-state index in [1.165, 1.54) is 18.5 Å². The molecule has 0 amide bonds. The van der Waals surface area contributed by atoms with Crippen LogP contribution in [0.15, 0.2) is 29.0 Å². The molecule has 5 heteroatoms. The van der Waals surface area contributed by atoms with Gasteiger partial charge in [-0.25, -0.2) is 4.79 Å². The van der Waals surface area contributed by atoms with Crippen LogP contribution in [-0.2, 0) is 0 Å². The topological polar surface area (TPSA) is 83.3 Å². The molecule has 0 fully saturated rings. The Morgan fingerprint density at radius 3 is 2.69 bits per heavy atom. The lowest BCUT2D eigenvalue weighted by Crippen LogP contribution is -2.00. The summed E-state index contributed by atoms with van der Waals surface area (Å²) in [5.74, 6) is -0.832. The minimum Gasteiger partial charge on any atom is -0.477 e. The van der Waals surface area contributed by atoms with Gasteiger partial charge >= 0.3 is 5.97 Å². The third-order valence-electron chi connectivity index (χ3n) is 2.28. The number of aromatic carboxylic acids is 1. The summed E-state index contributed by atoms with van der Waals surface area (Å²) in [6.07, 6.45) is 2.80. The van der Waals surface area contributed by atoms with Gasteiger partial charge in [0.2, 0.25) is 0 Å². The number of hydrogen-bond donors (Lipinski definition) is 2. The highest BCUT2D eigenvalue weighted by Crippen LogP contribution is 2.15. The number of ketones is 1. The Morgan fingerprint density at radius 2 is 2.19 bits per heavy atom. The van der Waals surface area contributed by atoms with Crippen molar-refractivity contribution in [2.45, 2.75) is 6.92 Å². The third-order valence-corrected chi connectivity index (χ3v) is 2.28. The molecule has 0 atom stereocenters. The Hall–Kier alpha value is -2.30. The van der Waals surface area contributed by atoms with Crippen LogP contribution in [0.4, 0.5) is 0 Å². The van der Waals surface area contributed by atoms with Crippen molar-refractivity contribution in [3.8, 4) is 0 Å². The number of carboxylic acids is 1. The van der Waals surface area contributed by atoms with E-state index in [0.717, 1.165) is 0 Å². The van der Waals surface area contributed by atoms with Crippen LogP contribution in [0.3, 0.4) is 0 Å². The number of H-pyrrole nitrogens is 1. The van der Waals surface area contributed by atoms with Gasteiger partial charge in [0.1, 0.15) is 11.5 Å². The Balaban J connectivity index is 2.35. The highest BCUT2D eigenvalue weighted by atomic mass is 16.4. The molecule has 82 valence electrons. The van der Waals surface area contributed by atoms with Crippen LogP contribution in [0.2, 0.25) is 0 Å². The van der Waals surface area contributed by atoms with Crippen LogP contribution >= 0.6 is 0 Å². The SMILES string of the molecule is Cc1occc1C(=O)c1c[nH]c(C(=O)O)c1. The molecule has 2 rings (SSSR count). The molecule has 0 bridgehead atoms. The van der Waals surface area contributed by atoms with Gasteiger partial charge in [-0.2, -0.15) is 0 Å². The summed E-state index contributed by atoms with van der Waals surface area (Å²) in [6.45, 7) is 1.68. The fourth-order valence-electron chi connectivity index (χ4n) is 1.42. The molecule has 2 aromatic heterocycles. The Labute approximate surface area is 90.7 Å². The Morgan fingerprint density at radius 1 is 1.44 bits per heavy atom. The summed E-state index contributed by atoms with van der Waals surface area (Å²) in [5.41, 5.74) is 0.738. The van der Waals surface area contributed by atoms with E-state index in [4.69, 9.17) is 9.52 Å². The van der Waals surface area contributed by atoms with Crippen molar-refractivity contribution in [3.63, 3.8) is 0 Å². The van der Waals surface area contributed by atoms with Crippen LogP contribution in [-0.4, -0.2) is 21.8 Å². The smallest absolute Gasteiger partial charge is 0.352 e. The van der Waals surface area contributed by atoms with E-state index in [9.17, 15) is 9.59 Å². The molecule has 2 aromatic rings. The first-order chi connectivity index (χ1) is 7.59. The Bertz CT molecular complexity index is 550. The summed E-state index contributed by atoms with van der Waals surface area (Å²) in [4.78, 5) is 25.0. The second kappa shape index (κ2) is 3.69. The average Bonchev–Trinajstić information content (AvgIpc) is 2.84. The third kappa shape index (κ3) is 1.63. The van der Waals surface area contributed by atoms with E-state index in [1.807, 2.05) is 0 Å². The average molecular weight is 219 g/mol. The van der Waals surface area contributed by atoms with Crippen molar-refractivity contribution in [3.05, 3.63) is 47.2 Å². The predicted octanol–water partition coefficient (Wildman–Crippen LogP) is 1.85. The van der Waals surface area contributed by atoms with Crippen molar-refractivity contribution in [2.24, 2.45) is 0 Å². The second-order valence-electron chi connectivity index (χ2n) is 3.33. The maximum absolute atomic E-state index is 11.9. The fraction of sp³-hybridized carbons (Fsp3) is 0.0909. The molecular formula is C11H9NO4. The van der Waals surface area contributed by atoms with Gasteiger partial charge in [-0.1, -0.05) is 0 Å². The van der Waals surface area contributed by atoms with Crippen molar-refractivity contribution in [1.82, 2.24) is 4.98 Å². The lowest BCUT2D eigenvalue weighted by Gasteiger charge is -1.94. The van der Waals surface area contributed by atoms with Crippen molar-refractivity contribution < 1.29 is 19.1 Å². The number of hydrogen-bond acceptors (Lipinski definition) is 3. The lowest BCUT2D eigenvalue weighted by molar-refractivity contribution is 0.0691. The highest BCUT2D eigenvalue weighted by molar-refractivity contribution is 6.10. The van der Waals surface area contributed by atoms with E-state index in [-0.39, 0.29) is 11.5 Å². The van der Waals surface area contributed by atoms with Gasteiger partial charge in [-0.3, -0.25) is 4.79 Å². The lowest BCUT2D eigenvalue weighted by atomic mass is 10.1. The number of nitrogens with one attached hydrogen (secondary N) is 1. The van der Waals surface area contributed by atoms with Gasteiger partial charge in [0.25, 0.3) is 0 Å². The largest absolute Gasteiger partial charge is 0.477 e. The molecule has 0 saturated carbocycles. The van der Waals surface area contributed by atoms with Crippen LogP contribution in [0.25, 0.3) is 0 Å². The van der Waals surface area contributed by atoms with E-state index >= 15 is 0 Å². The number of furan rings is 1. The van der Waals surface area contributed by atoms with Gasteiger partial charge in [0, 0.05) is 11.8 Å². The Kier molecular flexibility index (Phi) is 2.36. The standard InChI is InChI=1S/C11H9NO4/c1-6-8(2-3-16-6)10(13)7-4-9(11(14)15)12-5-7/h2-5,12H,1H3,(H,14,15). The molecule has 0 unspecified atom stereocenters. The molecule has 5 nitrogen and oxygen atoms in total. The van der Waals surface area contributed by atoms with E-state index in [2.05, 4.69) is 4.98 Å². The maximum atomic E-state index is 11.9. The predicted molar refractivity (Wildman–Crippen MR) is 54.6 cm³/mol. The number of carbonyl (C=O) groups excluding carboxylic acids is 1. The molecule has 0 aromatic carbocycles. The molecule has 2 N–H and O–H groups in total. The van der Waals surface area contributed by atoms with Gasteiger partial charge in [-0.15, -0.1) is 0 Å². The molecule has 0 aliphatic heterocycles. The fourth-order valence-corrected chi connectivity index (χ4v) is 1.42. The summed E-state index contributed by atoms with van der Waals surface area (Å²) < 4.78 is 5.01. The zero-order valence-corrected chi connectivity index (χ0v) is 8.48. The molecule has 16 heavy (non-hydrogen) atoms. The number of aromatic amines is 1. The summed E-state index contributed by atoms with van der Waals surface area (Å²) in [6, 6.07) is 2.86. The number of aromatic nitrogens is 1. The molecule has 0 aliphatic rings. The van der Waals surface area contributed by atoms with Gasteiger partial charge in [-0.05, 0) is 19.1 Å². The zero-order valence-electron chi connectivity index (χ0n) is 8.48. The van der Waals surface area contributed by atoms with E-state index < -0.39 is 5.97 Å². The quantitative estimate of drug-likeness (QED) is 0.771. The molecule has 0 aliphatic carbocycles. The molecular weight excluding hydrogens is 210 g/mol. The molecule has 0 spiro atoms. The number of carbonyl (C=O) groups is 2. The number of rotatable bonds is 3. The van der Waals surface area contributed by atoms with Crippen LogP contribution < -0.4 is 0 Å². The van der Waals surface area contributed by atoms with Crippen LogP contribution in [0, 0.1) is 6.92 Å². The maximum Gasteiger partial charge on any atom is 0.352 e.